The highest BCUT2D eigenvalue weighted by molar-refractivity contribution is 6.51. The topological polar surface area (TPSA) is 18.5 Å². The molecule has 0 N–H and O–H groups in total. The molecule has 1 aromatic rings. The van der Waals surface area contributed by atoms with Gasteiger partial charge in [0.05, 0.1) is 5.60 Å². The molecule has 2 nitrogen and oxygen atoms in total. The smallest absolute Gasteiger partial charge is 0.405 e. The van der Waals surface area contributed by atoms with E-state index in [1.54, 1.807) is 0 Å². The van der Waals surface area contributed by atoms with Crippen LogP contribution >= 0.6 is 0 Å². The molecule has 0 spiro atoms. The van der Waals surface area contributed by atoms with E-state index in [1.807, 2.05) is 36.3 Å². The zero-order chi connectivity index (χ0) is 13.7. The maximum Gasteiger partial charge on any atom is 0.486 e. The average Bonchev–Trinajstić information content (AvgIpc) is 2.33. The molecular weight excluding hydrogens is 235 g/mol. The van der Waals surface area contributed by atoms with E-state index in [4.69, 9.17) is 9.31 Å². The molecule has 0 aromatic heterocycles. The minimum Gasteiger partial charge on any atom is -0.405 e. The summed E-state index contributed by atoms with van der Waals surface area (Å²) in [5, 5.41) is 0. The highest BCUT2D eigenvalue weighted by Crippen LogP contribution is 2.25. The molecule has 1 heterocycles. The van der Waals surface area contributed by atoms with Gasteiger partial charge < -0.3 is 9.31 Å². The Balaban J connectivity index is 1.90. The van der Waals surface area contributed by atoms with Crippen LogP contribution in [-0.4, -0.2) is 18.8 Å². The van der Waals surface area contributed by atoms with Crippen LogP contribution in [0.2, 0.25) is 0 Å². The first kappa shape index (κ1) is 14.1. The Morgan fingerprint density at radius 2 is 1.95 bits per heavy atom. The van der Waals surface area contributed by atoms with E-state index in [2.05, 4.69) is 39.0 Å². The summed E-state index contributed by atoms with van der Waals surface area (Å²) in [5.74, 6) is 1.96. The molecule has 1 saturated heterocycles. The number of rotatable bonds is 3. The van der Waals surface area contributed by atoms with E-state index >= 15 is 0 Å². The van der Waals surface area contributed by atoms with Crippen molar-refractivity contribution in [3.8, 4) is 0 Å². The van der Waals surface area contributed by atoms with Crippen LogP contribution in [0.5, 0.6) is 0 Å². The second-order valence-corrected chi connectivity index (χ2v) is 5.55. The fourth-order valence-electron chi connectivity index (χ4n) is 2.33. The van der Waals surface area contributed by atoms with Crippen molar-refractivity contribution in [2.75, 3.05) is 0 Å². The Morgan fingerprint density at radius 1 is 1.21 bits per heavy atom. The molecule has 0 radical (unpaired) electrons. The first-order chi connectivity index (χ1) is 9.05. The summed E-state index contributed by atoms with van der Waals surface area (Å²) in [5.41, 5.74) is 1.07. The normalized spacial score (nSPS) is 23.3. The maximum atomic E-state index is 5.85. The zero-order valence-corrected chi connectivity index (χ0v) is 11.9. The van der Waals surface area contributed by atoms with Gasteiger partial charge in [0.2, 0.25) is 0 Å². The monoisotopic (exact) mass is 256 g/mol. The predicted molar refractivity (Wildman–Crippen MR) is 80.7 cm³/mol. The van der Waals surface area contributed by atoms with Gasteiger partial charge in [0.1, 0.15) is 0 Å². The summed E-state index contributed by atoms with van der Waals surface area (Å²) >= 11 is 0. The molecule has 0 aliphatic carbocycles. The maximum absolute atomic E-state index is 5.85. The van der Waals surface area contributed by atoms with Crippen LogP contribution in [0.25, 0.3) is 6.08 Å². The van der Waals surface area contributed by atoms with Crippen molar-refractivity contribution in [3.05, 3.63) is 54.0 Å². The van der Waals surface area contributed by atoms with E-state index in [0.717, 1.165) is 6.42 Å². The van der Waals surface area contributed by atoms with Crippen LogP contribution in [0, 0.1) is 0 Å². The molecule has 1 fully saturated rings. The number of hydrogen-bond donors (Lipinski definition) is 0. The van der Waals surface area contributed by atoms with Crippen molar-refractivity contribution in [2.45, 2.75) is 38.9 Å². The van der Waals surface area contributed by atoms with Crippen LogP contribution in [0.3, 0.4) is 0 Å². The van der Waals surface area contributed by atoms with Crippen molar-refractivity contribution in [1.82, 2.24) is 0 Å². The summed E-state index contributed by atoms with van der Waals surface area (Å²) in [4.78, 5) is 0. The van der Waals surface area contributed by atoms with E-state index in [9.17, 15) is 0 Å². The van der Waals surface area contributed by atoms with Gasteiger partial charge in [0, 0.05) is 6.10 Å². The lowest BCUT2D eigenvalue weighted by atomic mass is 9.82. The molecule has 1 unspecified atom stereocenters. The third-order valence-electron chi connectivity index (χ3n) is 3.05. The summed E-state index contributed by atoms with van der Waals surface area (Å²) < 4.78 is 11.6. The number of hydrogen-bond acceptors (Lipinski definition) is 2. The molecule has 0 saturated carbocycles. The van der Waals surface area contributed by atoms with E-state index in [1.165, 1.54) is 5.56 Å². The van der Waals surface area contributed by atoms with Crippen molar-refractivity contribution < 1.29 is 9.31 Å². The lowest BCUT2D eigenvalue weighted by Crippen LogP contribution is -2.45. The Bertz CT molecular complexity index is 451. The third kappa shape index (κ3) is 4.69. The summed E-state index contributed by atoms with van der Waals surface area (Å²) in [6.07, 6.45) is 7.21. The molecule has 1 atom stereocenters. The first-order valence-electron chi connectivity index (χ1n) is 6.78. The molecular formula is C16H21BO2. The summed E-state index contributed by atoms with van der Waals surface area (Å²) in [6, 6.07) is 10.2. The Morgan fingerprint density at radius 3 is 2.63 bits per heavy atom. The highest BCUT2D eigenvalue weighted by Gasteiger charge is 2.35. The molecule has 0 amide bonds. The minimum atomic E-state index is -0.251. The molecule has 1 aromatic carbocycles. The summed E-state index contributed by atoms with van der Waals surface area (Å²) in [7, 11) is -0.251. The van der Waals surface area contributed by atoms with Gasteiger partial charge in [-0.15, -0.1) is 0 Å². The highest BCUT2D eigenvalue weighted by atomic mass is 16.6. The fraction of sp³-hybridized carbons (Fsp3) is 0.375. The SMILES string of the molecule is CC1CC(C)(C)OB(/C=C/C=C/c2ccccc2)O1. The molecule has 2 rings (SSSR count). The van der Waals surface area contributed by atoms with Gasteiger partial charge in [-0.3, -0.25) is 0 Å². The van der Waals surface area contributed by atoms with Crippen molar-refractivity contribution >= 4 is 13.2 Å². The quantitative estimate of drug-likeness (QED) is 0.603. The van der Waals surface area contributed by atoms with Crippen LogP contribution < -0.4 is 0 Å². The van der Waals surface area contributed by atoms with E-state index in [-0.39, 0.29) is 18.8 Å². The predicted octanol–water partition coefficient (Wildman–Crippen LogP) is 3.89. The molecule has 100 valence electrons. The van der Waals surface area contributed by atoms with E-state index in [0.29, 0.717) is 0 Å². The van der Waals surface area contributed by atoms with Crippen molar-refractivity contribution in [1.29, 1.82) is 0 Å². The number of allylic oxidation sites excluding steroid dienone is 2. The average molecular weight is 256 g/mol. The zero-order valence-electron chi connectivity index (χ0n) is 11.9. The van der Waals surface area contributed by atoms with Crippen LogP contribution in [-0.2, 0) is 9.31 Å². The standard InChI is InChI=1S/C16H21BO2/c1-14-13-16(2,3)19-17(18-14)12-8-7-11-15-9-5-4-6-10-15/h4-12,14H,13H2,1-3H3/b11-7+,12-8+. The fourth-order valence-corrected chi connectivity index (χ4v) is 2.33. The molecule has 1 aliphatic rings. The van der Waals surface area contributed by atoms with Gasteiger partial charge in [0.25, 0.3) is 0 Å². The van der Waals surface area contributed by atoms with Gasteiger partial charge in [-0.2, -0.15) is 0 Å². The largest absolute Gasteiger partial charge is 0.486 e. The van der Waals surface area contributed by atoms with Gasteiger partial charge in [-0.1, -0.05) is 54.5 Å². The Labute approximate surface area is 116 Å². The van der Waals surface area contributed by atoms with Gasteiger partial charge in [-0.25, -0.2) is 0 Å². The molecule has 0 bridgehead atoms. The molecule has 1 aliphatic heterocycles. The minimum absolute atomic E-state index is 0.115. The first-order valence-corrected chi connectivity index (χ1v) is 6.78. The second-order valence-electron chi connectivity index (χ2n) is 5.55. The van der Waals surface area contributed by atoms with Gasteiger partial charge >= 0.3 is 7.12 Å². The van der Waals surface area contributed by atoms with Crippen molar-refractivity contribution in [2.24, 2.45) is 0 Å². The van der Waals surface area contributed by atoms with Crippen LogP contribution in [0.4, 0.5) is 0 Å². The summed E-state index contributed by atoms with van der Waals surface area (Å²) in [6.45, 7) is 6.30. The lowest BCUT2D eigenvalue weighted by molar-refractivity contribution is -0.0236. The van der Waals surface area contributed by atoms with Gasteiger partial charge in [0.15, 0.2) is 0 Å². The Hall–Kier alpha value is -1.32. The third-order valence-corrected chi connectivity index (χ3v) is 3.05. The molecule has 19 heavy (non-hydrogen) atoms. The lowest BCUT2D eigenvalue weighted by Gasteiger charge is -2.37. The number of benzene rings is 1. The molecule has 3 heteroatoms. The van der Waals surface area contributed by atoms with Gasteiger partial charge in [-0.05, 0) is 32.8 Å². The van der Waals surface area contributed by atoms with Crippen molar-refractivity contribution in [3.63, 3.8) is 0 Å². The second kappa shape index (κ2) is 6.22. The van der Waals surface area contributed by atoms with Crippen LogP contribution in [0.15, 0.2) is 48.5 Å². The Kier molecular flexibility index (Phi) is 4.62. The van der Waals surface area contributed by atoms with Crippen LogP contribution in [0.1, 0.15) is 32.8 Å². The van der Waals surface area contributed by atoms with E-state index < -0.39 is 0 Å².